The molecule has 0 fully saturated rings. The minimum absolute atomic E-state index is 0.127. The average Bonchev–Trinajstić information content (AvgIpc) is 2.18. The molecule has 84 valence electrons. The summed E-state index contributed by atoms with van der Waals surface area (Å²) in [5.74, 6) is 0.921. The van der Waals surface area contributed by atoms with Crippen molar-refractivity contribution in [1.82, 2.24) is 0 Å². The minimum atomic E-state index is -0.127. The Morgan fingerprint density at radius 1 is 1.33 bits per heavy atom. The SMILES string of the molecule is CCC(C)(C)Oc1cc(C)ccc1CN. The summed E-state index contributed by atoms with van der Waals surface area (Å²) in [7, 11) is 0. The van der Waals surface area contributed by atoms with E-state index in [0.29, 0.717) is 6.54 Å². The monoisotopic (exact) mass is 207 g/mol. The third kappa shape index (κ3) is 3.24. The van der Waals surface area contributed by atoms with Gasteiger partial charge in [-0.3, -0.25) is 0 Å². The van der Waals surface area contributed by atoms with Gasteiger partial charge in [0.2, 0.25) is 0 Å². The number of hydrogen-bond donors (Lipinski definition) is 1. The summed E-state index contributed by atoms with van der Waals surface area (Å²) in [6.45, 7) is 8.89. The first-order chi connectivity index (χ1) is 6.98. The molecule has 0 unspecified atom stereocenters. The molecule has 2 N–H and O–H groups in total. The van der Waals surface area contributed by atoms with E-state index in [0.717, 1.165) is 17.7 Å². The quantitative estimate of drug-likeness (QED) is 0.823. The van der Waals surface area contributed by atoms with Gasteiger partial charge in [0.05, 0.1) is 0 Å². The van der Waals surface area contributed by atoms with Crippen molar-refractivity contribution in [2.45, 2.75) is 46.3 Å². The minimum Gasteiger partial charge on any atom is -0.488 e. The Morgan fingerprint density at radius 3 is 2.53 bits per heavy atom. The molecule has 0 aromatic heterocycles. The second-order valence-corrected chi connectivity index (χ2v) is 4.53. The molecule has 2 nitrogen and oxygen atoms in total. The zero-order valence-corrected chi connectivity index (χ0v) is 10.1. The van der Waals surface area contributed by atoms with Gasteiger partial charge in [-0.15, -0.1) is 0 Å². The van der Waals surface area contributed by atoms with Gasteiger partial charge in [-0.1, -0.05) is 19.1 Å². The third-order valence-electron chi connectivity index (χ3n) is 2.68. The maximum absolute atomic E-state index is 5.97. The zero-order valence-electron chi connectivity index (χ0n) is 10.1. The summed E-state index contributed by atoms with van der Waals surface area (Å²) in [6, 6.07) is 6.16. The molecule has 0 radical (unpaired) electrons. The van der Waals surface area contributed by atoms with Gasteiger partial charge in [-0.2, -0.15) is 0 Å². The van der Waals surface area contributed by atoms with Gasteiger partial charge in [-0.25, -0.2) is 0 Å². The number of aryl methyl sites for hydroxylation is 1. The van der Waals surface area contributed by atoms with E-state index in [4.69, 9.17) is 10.5 Å². The summed E-state index contributed by atoms with van der Waals surface area (Å²) >= 11 is 0. The molecule has 1 aromatic carbocycles. The fourth-order valence-corrected chi connectivity index (χ4v) is 1.30. The normalized spacial score (nSPS) is 11.5. The van der Waals surface area contributed by atoms with Crippen LogP contribution in [0.2, 0.25) is 0 Å². The maximum atomic E-state index is 5.97. The van der Waals surface area contributed by atoms with Crippen LogP contribution in [-0.2, 0) is 6.54 Å². The molecule has 0 aliphatic carbocycles. The van der Waals surface area contributed by atoms with E-state index in [1.54, 1.807) is 0 Å². The van der Waals surface area contributed by atoms with Crippen molar-refractivity contribution >= 4 is 0 Å². The van der Waals surface area contributed by atoms with Crippen LogP contribution in [0.1, 0.15) is 38.3 Å². The topological polar surface area (TPSA) is 35.2 Å². The predicted molar refractivity (Wildman–Crippen MR) is 64.1 cm³/mol. The summed E-state index contributed by atoms with van der Waals surface area (Å²) in [6.07, 6.45) is 0.977. The van der Waals surface area contributed by atoms with Crippen molar-refractivity contribution in [3.05, 3.63) is 29.3 Å². The van der Waals surface area contributed by atoms with Crippen LogP contribution in [-0.4, -0.2) is 5.60 Å². The van der Waals surface area contributed by atoms with Crippen LogP contribution >= 0.6 is 0 Å². The van der Waals surface area contributed by atoms with Crippen molar-refractivity contribution in [3.63, 3.8) is 0 Å². The molecule has 1 aromatic rings. The van der Waals surface area contributed by atoms with Crippen LogP contribution in [0, 0.1) is 6.92 Å². The summed E-state index contributed by atoms with van der Waals surface area (Å²) in [5.41, 5.74) is 7.83. The van der Waals surface area contributed by atoms with Crippen LogP contribution in [0.3, 0.4) is 0 Å². The van der Waals surface area contributed by atoms with Crippen molar-refractivity contribution < 1.29 is 4.74 Å². The molecule has 0 atom stereocenters. The summed E-state index contributed by atoms with van der Waals surface area (Å²) in [4.78, 5) is 0. The highest BCUT2D eigenvalue weighted by Crippen LogP contribution is 2.25. The molecule has 0 heterocycles. The molecule has 1 rings (SSSR count). The smallest absolute Gasteiger partial charge is 0.124 e. The molecule has 0 amide bonds. The lowest BCUT2D eigenvalue weighted by atomic mass is 10.1. The Hall–Kier alpha value is -1.02. The molecular weight excluding hydrogens is 186 g/mol. The number of rotatable bonds is 4. The van der Waals surface area contributed by atoms with Gasteiger partial charge in [0.25, 0.3) is 0 Å². The van der Waals surface area contributed by atoms with E-state index in [1.807, 2.05) is 6.07 Å². The van der Waals surface area contributed by atoms with E-state index in [-0.39, 0.29) is 5.60 Å². The molecule has 0 aliphatic heterocycles. The van der Waals surface area contributed by atoms with Crippen LogP contribution < -0.4 is 10.5 Å². The Labute approximate surface area is 92.4 Å². The van der Waals surface area contributed by atoms with Crippen LogP contribution in [0.5, 0.6) is 5.75 Å². The molecule has 15 heavy (non-hydrogen) atoms. The molecule has 0 aliphatic rings. The van der Waals surface area contributed by atoms with E-state index in [1.165, 1.54) is 5.56 Å². The van der Waals surface area contributed by atoms with Gasteiger partial charge in [0.15, 0.2) is 0 Å². The molecule has 2 heteroatoms. The van der Waals surface area contributed by atoms with Crippen molar-refractivity contribution in [3.8, 4) is 5.75 Å². The van der Waals surface area contributed by atoms with Crippen LogP contribution in [0.25, 0.3) is 0 Å². The fraction of sp³-hybridized carbons (Fsp3) is 0.538. The van der Waals surface area contributed by atoms with Gasteiger partial charge in [0, 0.05) is 12.1 Å². The highest BCUT2D eigenvalue weighted by atomic mass is 16.5. The highest BCUT2D eigenvalue weighted by molar-refractivity contribution is 5.37. The lowest BCUT2D eigenvalue weighted by Crippen LogP contribution is -2.27. The second kappa shape index (κ2) is 4.67. The Bertz CT molecular complexity index is 331. The first kappa shape index (κ1) is 12.1. The van der Waals surface area contributed by atoms with Crippen LogP contribution in [0.4, 0.5) is 0 Å². The van der Waals surface area contributed by atoms with Gasteiger partial charge in [-0.05, 0) is 38.8 Å². The predicted octanol–water partition coefficient (Wildman–Crippen LogP) is 3.02. The van der Waals surface area contributed by atoms with Gasteiger partial charge in [0.1, 0.15) is 11.4 Å². The van der Waals surface area contributed by atoms with Gasteiger partial charge >= 0.3 is 0 Å². The average molecular weight is 207 g/mol. The number of ether oxygens (including phenoxy) is 1. The summed E-state index contributed by atoms with van der Waals surface area (Å²) < 4.78 is 5.97. The Balaban J connectivity index is 2.97. The summed E-state index contributed by atoms with van der Waals surface area (Å²) in [5, 5.41) is 0. The highest BCUT2D eigenvalue weighted by Gasteiger charge is 2.18. The second-order valence-electron chi connectivity index (χ2n) is 4.53. The molecule has 0 bridgehead atoms. The largest absolute Gasteiger partial charge is 0.488 e. The molecule has 0 spiro atoms. The molecular formula is C13H21NO. The first-order valence-corrected chi connectivity index (χ1v) is 5.47. The third-order valence-corrected chi connectivity index (χ3v) is 2.68. The molecule has 0 saturated carbocycles. The van der Waals surface area contributed by atoms with Crippen molar-refractivity contribution in [2.75, 3.05) is 0 Å². The lowest BCUT2D eigenvalue weighted by molar-refractivity contribution is 0.104. The Kier molecular flexibility index (Phi) is 3.75. The standard InChI is InChI=1S/C13H21NO/c1-5-13(3,4)15-12-8-10(2)6-7-11(12)9-14/h6-8H,5,9,14H2,1-4H3. The molecule has 0 saturated heterocycles. The zero-order chi connectivity index (χ0) is 11.5. The van der Waals surface area contributed by atoms with Gasteiger partial charge < -0.3 is 10.5 Å². The number of hydrogen-bond acceptors (Lipinski definition) is 2. The van der Waals surface area contributed by atoms with Crippen molar-refractivity contribution in [1.29, 1.82) is 0 Å². The lowest BCUT2D eigenvalue weighted by Gasteiger charge is -2.26. The first-order valence-electron chi connectivity index (χ1n) is 5.47. The number of benzene rings is 1. The fourth-order valence-electron chi connectivity index (χ4n) is 1.30. The van der Waals surface area contributed by atoms with E-state index >= 15 is 0 Å². The van der Waals surface area contributed by atoms with E-state index in [2.05, 4.69) is 39.8 Å². The van der Waals surface area contributed by atoms with Crippen LogP contribution in [0.15, 0.2) is 18.2 Å². The number of nitrogens with two attached hydrogens (primary N) is 1. The van der Waals surface area contributed by atoms with Crippen molar-refractivity contribution in [2.24, 2.45) is 5.73 Å². The van der Waals surface area contributed by atoms with E-state index in [9.17, 15) is 0 Å². The Morgan fingerprint density at radius 2 is 2.00 bits per heavy atom. The maximum Gasteiger partial charge on any atom is 0.124 e. The van der Waals surface area contributed by atoms with E-state index < -0.39 is 0 Å².